The number of fused-ring (bicyclic) bond motifs is 1. The average Bonchev–Trinajstić information content (AvgIpc) is 2.35. The Hall–Kier alpha value is -1.36. The van der Waals surface area contributed by atoms with E-state index in [0.717, 1.165) is 31.3 Å². The quantitative estimate of drug-likeness (QED) is 0.885. The molecule has 0 unspecified atom stereocenters. The van der Waals surface area contributed by atoms with E-state index in [1.807, 2.05) is 19.0 Å². The molecule has 0 atom stereocenters. The van der Waals surface area contributed by atoms with E-state index in [1.54, 1.807) is 0 Å². The second kappa shape index (κ2) is 4.96. The van der Waals surface area contributed by atoms with Gasteiger partial charge in [-0.2, -0.15) is 4.98 Å². The number of rotatable bonds is 3. The maximum absolute atomic E-state index is 4.79. The van der Waals surface area contributed by atoms with Crippen molar-refractivity contribution in [1.82, 2.24) is 15.3 Å². The van der Waals surface area contributed by atoms with Gasteiger partial charge in [0.1, 0.15) is 5.82 Å². The van der Waals surface area contributed by atoms with Gasteiger partial charge in [-0.15, -0.1) is 0 Å². The van der Waals surface area contributed by atoms with Crippen molar-refractivity contribution in [2.24, 2.45) is 0 Å². The standard InChI is InChI=1S/C14H23N5/c1-18(2)14-16-12-7-8-15-9-11(12)13(17-14)19(3)10-5-4-6-10/h10,15H,4-9H2,1-3H3. The lowest BCUT2D eigenvalue weighted by Crippen LogP contribution is -2.40. The molecule has 2 aliphatic rings. The molecule has 1 N–H and O–H groups in total. The largest absolute Gasteiger partial charge is 0.356 e. The molecule has 19 heavy (non-hydrogen) atoms. The van der Waals surface area contributed by atoms with Gasteiger partial charge in [-0.05, 0) is 19.3 Å². The number of hydrogen-bond donors (Lipinski definition) is 1. The van der Waals surface area contributed by atoms with E-state index < -0.39 is 0 Å². The van der Waals surface area contributed by atoms with Crippen LogP contribution in [0.1, 0.15) is 30.5 Å². The Kier molecular flexibility index (Phi) is 3.31. The van der Waals surface area contributed by atoms with Gasteiger partial charge in [-0.25, -0.2) is 4.98 Å². The Labute approximate surface area is 115 Å². The molecule has 1 fully saturated rings. The van der Waals surface area contributed by atoms with Crippen LogP contribution in [0.4, 0.5) is 11.8 Å². The molecule has 1 aliphatic carbocycles. The molecule has 1 aromatic rings. The molecular weight excluding hydrogens is 238 g/mol. The molecule has 104 valence electrons. The van der Waals surface area contributed by atoms with Crippen molar-refractivity contribution in [3.05, 3.63) is 11.3 Å². The molecule has 0 spiro atoms. The molecule has 3 rings (SSSR count). The zero-order chi connectivity index (χ0) is 13.4. The van der Waals surface area contributed by atoms with Crippen molar-refractivity contribution in [3.8, 4) is 0 Å². The lowest BCUT2D eigenvalue weighted by Gasteiger charge is -2.37. The van der Waals surface area contributed by atoms with Gasteiger partial charge in [-0.1, -0.05) is 0 Å². The predicted octanol–water partition coefficient (Wildman–Crippen LogP) is 1.18. The predicted molar refractivity (Wildman–Crippen MR) is 77.8 cm³/mol. The van der Waals surface area contributed by atoms with Crippen LogP contribution in [0.2, 0.25) is 0 Å². The Morgan fingerprint density at radius 2 is 1.95 bits per heavy atom. The summed E-state index contributed by atoms with van der Waals surface area (Å²) in [4.78, 5) is 13.9. The molecule has 1 saturated carbocycles. The van der Waals surface area contributed by atoms with Crippen molar-refractivity contribution in [2.75, 3.05) is 37.5 Å². The Morgan fingerprint density at radius 1 is 1.16 bits per heavy atom. The van der Waals surface area contributed by atoms with E-state index in [2.05, 4.69) is 17.3 Å². The topological polar surface area (TPSA) is 44.3 Å². The summed E-state index contributed by atoms with van der Waals surface area (Å²) in [5.41, 5.74) is 2.52. The first kappa shape index (κ1) is 12.7. The fourth-order valence-electron chi connectivity index (χ4n) is 2.75. The third-order valence-corrected chi connectivity index (χ3v) is 4.26. The Bertz CT molecular complexity index is 467. The zero-order valence-electron chi connectivity index (χ0n) is 12.1. The number of hydrogen-bond acceptors (Lipinski definition) is 5. The average molecular weight is 261 g/mol. The summed E-state index contributed by atoms with van der Waals surface area (Å²) in [5.74, 6) is 1.97. The fourth-order valence-corrected chi connectivity index (χ4v) is 2.75. The second-order valence-electron chi connectivity index (χ2n) is 5.79. The van der Waals surface area contributed by atoms with Gasteiger partial charge in [-0.3, -0.25) is 0 Å². The highest BCUT2D eigenvalue weighted by molar-refractivity contribution is 5.54. The molecule has 1 aliphatic heterocycles. The number of aromatic nitrogens is 2. The van der Waals surface area contributed by atoms with Gasteiger partial charge in [0.05, 0.1) is 5.69 Å². The van der Waals surface area contributed by atoms with Crippen LogP contribution in [0, 0.1) is 0 Å². The highest BCUT2D eigenvalue weighted by atomic mass is 15.3. The van der Waals surface area contributed by atoms with Crippen molar-refractivity contribution < 1.29 is 0 Å². The van der Waals surface area contributed by atoms with Crippen LogP contribution in [0.5, 0.6) is 0 Å². The SMILES string of the molecule is CN(C)c1nc2c(c(N(C)C3CCC3)n1)CNCC2. The van der Waals surface area contributed by atoms with Crippen LogP contribution in [0.25, 0.3) is 0 Å². The molecule has 0 amide bonds. The third kappa shape index (κ3) is 2.27. The smallest absolute Gasteiger partial charge is 0.227 e. The molecule has 0 saturated heterocycles. The van der Waals surface area contributed by atoms with Gasteiger partial charge < -0.3 is 15.1 Å². The van der Waals surface area contributed by atoms with E-state index in [-0.39, 0.29) is 0 Å². The van der Waals surface area contributed by atoms with Crippen LogP contribution in [-0.4, -0.2) is 43.7 Å². The molecule has 5 heteroatoms. The highest BCUT2D eigenvalue weighted by Gasteiger charge is 2.27. The van der Waals surface area contributed by atoms with Gasteiger partial charge >= 0.3 is 0 Å². The Morgan fingerprint density at radius 3 is 2.58 bits per heavy atom. The highest BCUT2D eigenvalue weighted by Crippen LogP contribution is 2.32. The van der Waals surface area contributed by atoms with Crippen LogP contribution in [-0.2, 0) is 13.0 Å². The third-order valence-electron chi connectivity index (χ3n) is 4.26. The number of nitrogens with zero attached hydrogens (tertiary/aromatic N) is 4. The lowest BCUT2D eigenvalue weighted by atomic mass is 9.91. The van der Waals surface area contributed by atoms with Gasteiger partial charge in [0, 0.05) is 52.3 Å². The molecule has 5 nitrogen and oxygen atoms in total. The minimum atomic E-state index is 0.663. The van der Waals surface area contributed by atoms with Gasteiger partial charge in [0.2, 0.25) is 5.95 Å². The second-order valence-corrected chi connectivity index (χ2v) is 5.79. The molecule has 0 aromatic carbocycles. The van der Waals surface area contributed by atoms with Crippen LogP contribution in [0.3, 0.4) is 0 Å². The fraction of sp³-hybridized carbons (Fsp3) is 0.714. The Balaban J connectivity index is 2.01. The number of nitrogens with one attached hydrogen (secondary N) is 1. The lowest BCUT2D eigenvalue weighted by molar-refractivity contribution is 0.398. The van der Waals surface area contributed by atoms with Gasteiger partial charge in [0.25, 0.3) is 0 Å². The molecule has 0 radical (unpaired) electrons. The monoisotopic (exact) mass is 261 g/mol. The summed E-state index contributed by atoms with van der Waals surface area (Å²) in [6.45, 7) is 1.92. The first-order chi connectivity index (χ1) is 9.16. The van der Waals surface area contributed by atoms with Gasteiger partial charge in [0.15, 0.2) is 0 Å². The summed E-state index contributed by atoms with van der Waals surface area (Å²) in [7, 11) is 6.20. The zero-order valence-corrected chi connectivity index (χ0v) is 12.1. The maximum Gasteiger partial charge on any atom is 0.227 e. The normalized spacial score (nSPS) is 18.7. The molecule has 0 bridgehead atoms. The number of anilines is 2. The first-order valence-corrected chi connectivity index (χ1v) is 7.17. The summed E-state index contributed by atoms with van der Waals surface area (Å²) >= 11 is 0. The van der Waals surface area contributed by atoms with Crippen molar-refractivity contribution >= 4 is 11.8 Å². The minimum Gasteiger partial charge on any atom is -0.356 e. The minimum absolute atomic E-state index is 0.663. The van der Waals surface area contributed by atoms with Crippen LogP contribution in [0.15, 0.2) is 0 Å². The summed E-state index contributed by atoms with van der Waals surface area (Å²) in [6.07, 6.45) is 4.94. The van der Waals surface area contributed by atoms with E-state index in [1.165, 1.54) is 30.5 Å². The summed E-state index contributed by atoms with van der Waals surface area (Å²) < 4.78 is 0. The summed E-state index contributed by atoms with van der Waals surface area (Å²) in [5, 5.41) is 3.44. The van der Waals surface area contributed by atoms with E-state index in [4.69, 9.17) is 9.97 Å². The molecule has 1 aromatic heterocycles. The van der Waals surface area contributed by atoms with Crippen LogP contribution < -0.4 is 15.1 Å². The molecular formula is C14H23N5. The van der Waals surface area contributed by atoms with E-state index in [9.17, 15) is 0 Å². The van der Waals surface area contributed by atoms with Crippen molar-refractivity contribution in [2.45, 2.75) is 38.3 Å². The van der Waals surface area contributed by atoms with Crippen LogP contribution >= 0.6 is 0 Å². The van der Waals surface area contributed by atoms with E-state index >= 15 is 0 Å². The summed E-state index contributed by atoms with van der Waals surface area (Å²) in [6, 6.07) is 0.663. The van der Waals surface area contributed by atoms with E-state index in [0.29, 0.717) is 6.04 Å². The van der Waals surface area contributed by atoms with Crippen molar-refractivity contribution in [3.63, 3.8) is 0 Å². The maximum atomic E-state index is 4.79. The first-order valence-electron chi connectivity index (χ1n) is 7.17. The van der Waals surface area contributed by atoms with Crippen molar-refractivity contribution in [1.29, 1.82) is 0 Å². The molecule has 2 heterocycles.